The summed E-state index contributed by atoms with van der Waals surface area (Å²) in [7, 11) is 0. The Bertz CT molecular complexity index is 635. The molecule has 1 aromatic rings. The van der Waals surface area contributed by atoms with Gasteiger partial charge in [-0.05, 0) is 56.5 Å². The van der Waals surface area contributed by atoms with Crippen molar-refractivity contribution in [2.24, 2.45) is 16.6 Å². The van der Waals surface area contributed by atoms with Crippen LogP contribution in [0.4, 0.5) is 4.79 Å². The van der Waals surface area contributed by atoms with Gasteiger partial charge < -0.3 is 20.7 Å². The summed E-state index contributed by atoms with van der Waals surface area (Å²) in [6, 6.07) is 4.60. The molecule has 3 N–H and O–H groups in total. The number of hydrogen-bond donors (Lipinski definition) is 2. The molecule has 0 radical (unpaired) electrons. The fraction of sp³-hybridized carbons (Fsp3) is 0.700. The molecule has 1 aromatic heterocycles. The predicted molar refractivity (Wildman–Crippen MR) is 129 cm³/mol. The molecule has 2 saturated heterocycles. The third kappa shape index (κ3) is 7.93. The Morgan fingerprint density at radius 1 is 1.34 bits per heavy atom. The molecule has 0 bridgehead atoms. The number of guanidine groups is 1. The summed E-state index contributed by atoms with van der Waals surface area (Å²) < 4.78 is 5.06. The molecule has 3 heterocycles. The molecule has 1 amide bonds. The number of rotatable bonds is 6. The highest BCUT2D eigenvalue weighted by molar-refractivity contribution is 14.0. The molecule has 7 nitrogen and oxygen atoms in total. The fourth-order valence-electron chi connectivity index (χ4n) is 3.97. The van der Waals surface area contributed by atoms with Gasteiger partial charge in [-0.1, -0.05) is 6.07 Å². The lowest BCUT2D eigenvalue weighted by Crippen LogP contribution is -2.48. The number of amides is 1. The highest BCUT2D eigenvalue weighted by Crippen LogP contribution is 2.20. The summed E-state index contributed by atoms with van der Waals surface area (Å²) in [4.78, 5) is 22.1. The molecule has 2 aliphatic heterocycles. The lowest BCUT2D eigenvalue weighted by molar-refractivity contribution is 0.0963. The number of nitrogens with zero attached hydrogens (tertiary/aromatic N) is 3. The molecule has 0 aliphatic carbocycles. The molecule has 164 valence electrons. The van der Waals surface area contributed by atoms with Gasteiger partial charge in [0, 0.05) is 43.6 Å². The highest BCUT2D eigenvalue weighted by atomic mass is 127. The Balaban J connectivity index is 0.00000300. The first-order valence-corrected chi connectivity index (χ1v) is 11.2. The Labute approximate surface area is 195 Å². The van der Waals surface area contributed by atoms with E-state index >= 15 is 0 Å². The second kappa shape index (κ2) is 12.6. The van der Waals surface area contributed by atoms with E-state index in [1.54, 1.807) is 4.90 Å². The normalized spacial score (nSPS) is 21.5. The lowest BCUT2D eigenvalue weighted by Gasteiger charge is -2.32. The molecule has 0 spiro atoms. The molecule has 0 aromatic carbocycles. The van der Waals surface area contributed by atoms with Crippen molar-refractivity contribution in [1.82, 2.24) is 15.1 Å². The predicted octanol–water partition coefficient (Wildman–Crippen LogP) is 3.10. The van der Waals surface area contributed by atoms with Crippen molar-refractivity contribution < 1.29 is 9.53 Å². The van der Waals surface area contributed by atoms with Gasteiger partial charge in [0.05, 0.1) is 6.61 Å². The number of ether oxygens (including phenoxy) is 1. The second-order valence-corrected chi connectivity index (χ2v) is 8.69. The largest absolute Gasteiger partial charge is 0.450 e. The Kier molecular flexibility index (Phi) is 10.5. The lowest BCUT2D eigenvalue weighted by atomic mass is 9.98. The van der Waals surface area contributed by atoms with Crippen LogP contribution in [0.25, 0.3) is 0 Å². The Hall–Kier alpha value is -1.07. The summed E-state index contributed by atoms with van der Waals surface area (Å²) in [6.07, 6.45) is 3.97. The topological polar surface area (TPSA) is 83.2 Å². The van der Waals surface area contributed by atoms with Crippen molar-refractivity contribution in [3.8, 4) is 0 Å². The zero-order chi connectivity index (χ0) is 19.8. The van der Waals surface area contributed by atoms with Crippen molar-refractivity contribution in [2.45, 2.75) is 45.2 Å². The Morgan fingerprint density at radius 3 is 2.83 bits per heavy atom. The summed E-state index contributed by atoms with van der Waals surface area (Å²) in [6.45, 7) is 7.73. The third-order valence-corrected chi connectivity index (χ3v) is 6.32. The molecule has 1 atom stereocenters. The number of halogens is 1. The van der Waals surface area contributed by atoms with Gasteiger partial charge in [-0.25, -0.2) is 4.79 Å². The maximum absolute atomic E-state index is 11.8. The summed E-state index contributed by atoms with van der Waals surface area (Å²) in [5.74, 6) is 1.10. The van der Waals surface area contributed by atoms with Crippen molar-refractivity contribution in [2.75, 3.05) is 39.3 Å². The second-order valence-electron chi connectivity index (χ2n) is 7.65. The number of likely N-dealkylation sites (tertiary alicyclic amines) is 2. The molecule has 1 unspecified atom stereocenters. The quantitative estimate of drug-likeness (QED) is 0.333. The number of piperidine rings is 2. The van der Waals surface area contributed by atoms with E-state index in [1.165, 1.54) is 24.3 Å². The minimum atomic E-state index is -0.216. The summed E-state index contributed by atoms with van der Waals surface area (Å²) >= 11 is 1.83. The van der Waals surface area contributed by atoms with Gasteiger partial charge in [0.25, 0.3) is 0 Å². The molecular weight excluding hydrogens is 501 g/mol. The van der Waals surface area contributed by atoms with Gasteiger partial charge in [-0.3, -0.25) is 9.89 Å². The van der Waals surface area contributed by atoms with Crippen LogP contribution in [-0.4, -0.2) is 67.2 Å². The van der Waals surface area contributed by atoms with E-state index < -0.39 is 0 Å². The first-order valence-electron chi connectivity index (χ1n) is 10.4. The van der Waals surface area contributed by atoms with Crippen LogP contribution in [0, 0.1) is 5.92 Å². The monoisotopic (exact) mass is 535 g/mol. The minimum Gasteiger partial charge on any atom is -0.450 e. The van der Waals surface area contributed by atoms with E-state index in [1.807, 2.05) is 18.3 Å². The Morgan fingerprint density at radius 2 is 2.14 bits per heavy atom. The maximum atomic E-state index is 11.8. The van der Waals surface area contributed by atoms with E-state index in [2.05, 4.69) is 32.7 Å². The van der Waals surface area contributed by atoms with Crippen LogP contribution in [0.2, 0.25) is 0 Å². The zero-order valence-corrected chi connectivity index (χ0v) is 20.4. The van der Waals surface area contributed by atoms with E-state index in [4.69, 9.17) is 10.5 Å². The smallest absolute Gasteiger partial charge is 0.409 e. The molecule has 9 heteroatoms. The van der Waals surface area contributed by atoms with Crippen LogP contribution in [0.15, 0.2) is 22.5 Å². The van der Waals surface area contributed by atoms with E-state index in [0.29, 0.717) is 31.6 Å². The average Bonchev–Trinajstić information content (AvgIpc) is 3.20. The SMILES string of the molecule is CCOC(=O)N1CCC(NC(N)=NCC2CCCN(Cc3cccs3)C2)CC1.I. The van der Waals surface area contributed by atoms with Crippen LogP contribution in [-0.2, 0) is 11.3 Å². The van der Waals surface area contributed by atoms with Crippen LogP contribution in [0.5, 0.6) is 0 Å². The van der Waals surface area contributed by atoms with Crippen LogP contribution < -0.4 is 11.1 Å². The number of carbonyl (C=O) groups is 1. The van der Waals surface area contributed by atoms with Gasteiger partial charge in [0.2, 0.25) is 0 Å². The van der Waals surface area contributed by atoms with Gasteiger partial charge in [-0.2, -0.15) is 0 Å². The van der Waals surface area contributed by atoms with E-state index in [-0.39, 0.29) is 36.1 Å². The minimum absolute atomic E-state index is 0. The number of nitrogens with two attached hydrogens (primary N) is 1. The highest BCUT2D eigenvalue weighted by Gasteiger charge is 2.24. The summed E-state index contributed by atoms with van der Waals surface area (Å²) in [5.41, 5.74) is 6.13. The number of thiophene rings is 1. The molecule has 2 aliphatic rings. The van der Waals surface area contributed by atoms with Gasteiger partial charge in [-0.15, -0.1) is 35.3 Å². The molecule has 29 heavy (non-hydrogen) atoms. The van der Waals surface area contributed by atoms with Crippen molar-refractivity contribution >= 4 is 47.4 Å². The number of carbonyl (C=O) groups excluding carboxylic acids is 1. The van der Waals surface area contributed by atoms with Crippen molar-refractivity contribution in [3.63, 3.8) is 0 Å². The van der Waals surface area contributed by atoms with Crippen LogP contribution in [0.1, 0.15) is 37.5 Å². The van der Waals surface area contributed by atoms with Crippen molar-refractivity contribution in [3.05, 3.63) is 22.4 Å². The van der Waals surface area contributed by atoms with E-state index in [0.717, 1.165) is 32.5 Å². The first-order chi connectivity index (χ1) is 13.6. The van der Waals surface area contributed by atoms with Crippen LogP contribution in [0.3, 0.4) is 0 Å². The zero-order valence-electron chi connectivity index (χ0n) is 17.2. The third-order valence-electron chi connectivity index (χ3n) is 5.46. The van der Waals surface area contributed by atoms with E-state index in [9.17, 15) is 4.79 Å². The maximum Gasteiger partial charge on any atom is 0.409 e. The van der Waals surface area contributed by atoms with Gasteiger partial charge >= 0.3 is 6.09 Å². The number of aliphatic imine (C=N–C) groups is 1. The van der Waals surface area contributed by atoms with Gasteiger partial charge in [0.1, 0.15) is 0 Å². The van der Waals surface area contributed by atoms with Crippen molar-refractivity contribution in [1.29, 1.82) is 0 Å². The molecule has 2 fully saturated rings. The van der Waals surface area contributed by atoms with Gasteiger partial charge in [0.15, 0.2) is 5.96 Å². The fourth-order valence-corrected chi connectivity index (χ4v) is 4.72. The standard InChI is InChI=1S/C20H33N5O2S.HI/c1-2-27-20(26)25-10-7-17(8-11-25)23-19(21)22-13-16-5-3-9-24(14-16)15-18-6-4-12-28-18;/h4,6,12,16-17H,2-3,5,7-11,13-15H2,1H3,(H3,21,22,23);1H. The van der Waals surface area contributed by atoms with Crippen LogP contribution >= 0.6 is 35.3 Å². The molecule has 3 rings (SSSR count). The molecular formula is C20H34IN5O2S. The first kappa shape index (κ1) is 24.2. The molecule has 0 saturated carbocycles. The average molecular weight is 535 g/mol. The summed E-state index contributed by atoms with van der Waals surface area (Å²) in [5, 5.41) is 5.48. The number of hydrogen-bond acceptors (Lipinski definition) is 5. The number of nitrogens with one attached hydrogen (secondary N) is 1.